The Morgan fingerprint density at radius 2 is 2.37 bits per heavy atom. The molecule has 19 heavy (non-hydrogen) atoms. The van der Waals surface area contributed by atoms with Crippen molar-refractivity contribution < 1.29 is 9.53 Å². The molecule has 1 heterocycles. The Hall–Kier alpha value is -1.55. The van der Waals surface area contributed by atoms with Crippen LogP contribution >= 0.6 is 0 Å². The fourth-order valence-electron chi connectivity index (χ4n) is 2.32. The van der Waals surface area contributed by atoms with Crippen molar-refractivity contribution >= 4 is 17.3 Å². The van der Waals surface area contributed by atoms with Gasteiger partial charge in [0.1, 0.15) is 0 Å². The molecule has 1 aromatic rings. The molecule has 4 nitrogen and oxygen atoms in total. The number of benzene rings is 1. The van der Waals surface area contributed by atoms with Crippen LogP contribution in [0.2, 0.25) is 0 Å². The van der Waals surface area contributed by atoms with Crippen LogP contribution in [-0.2, 0) is 16.0 Å². The molecular formula is C15H22N2O2. The molecular weight excluding hydrogens is 240 g/mol. The smallest absolute Gasteiger partial charge is 0.224 e. The Bertz CT molecular complexity index is 432. The molecule has 104 valence electrons. The molecule has 4 heteroatoms. The molecule has 0 aliphatic carbocycles. The number of carbonyl (C=O) groups excluding carboxylic acids is 1. The Morgan fingerprint density at radius 3 is 3.21 bits per heavy atom. The predicted molar refractivity (Wildman–Crippen MR) is 77.6 cm³/mol. The van der Waals surface area contributed by atoms with E-state index in [0.717, 1.165) is 37.2 Å². The van der Waals surface area contributed by atoms with Gasteiger partial charge in [0.2, 0.25) is 5.91 Å². The van der Waals surface area contributed by atoms with Crippen molar-refractivity contribution in [2.24, 2.45) is 0 Å². The summed E-state index contributed by atoms with van der Waals surface area (Å²) >= 11 is 0. The van der Waals surface area contributed by atoms with Gasteiger partial charge in [0.05, 0.1) is 0 Å². The number of nitrogens with one attached hydrogen (secondary N) is 2. The summed E-state index contributed by atoms with van der Waals surface area (Å²) in [6, 6.07) is 6.03. The number of carbonyl (C=O) groups is 1. The van der Waals surface area contributed by atoms with Crippen molar-refractivity contribution in [3.05, 3.63) is 23.8 Å². The second kappa shape index (κ2) is 7.14. The fraction of sp³-hybridized carbons (Fsp3) is 0.533. The molecule has 2 N–H and O–H groups in total. The number of anilines is 2. The van der Waals surface area contributed by atoms with Crippen molar-refractivity contribution in [1.29, 1.82) is 0 Å². The standard InChI is InChI=1S/C15H22N2O2/c1-2-19-11-5-9-15(18)17-14-8-3-7-13-12(14)6-4-10-16-13/h3,7-8,16H,2,4-6,9-11H2,1H3,(H,17,18). The normalized spacial score (nSPS) is 13.5. The second-order valence-electron chi connectivity index (χ2n) is 4.71. The molecule has 1 aliphatic heterocycles. The van der Waals surface area contributed by atoms with E-state index in [0.29, 0.717) is 19.6 Å². The summed E-state index contributed by atoms with van der Waals surface area (Å²) < 4.78 is 5.23. The molecule has 1 aromatic carbocycles. The van der Waals surface area contributed by atoms with Crippen molar-refractivity contribution in [3.63, 3.8) is 0 Å². The number of hydrogen-bond donors (Lipinski definition) is 2. The number of rotatable bonds is 6. The number of fused-ring (bicyclic) bond motifs is 1. The SMILES string of the molecule is CCOCCCC(=O)Nc1cccc2c1CCCN2. The minimum atomic E-state index is 0.0682. The van der Waals surface area contributed by atoms with Gasteiger partial charge >= 0.3 is 0 Å². The van der Waals surface area contributed by atoms with Crippen molar-refractivity contribution in [2.45, 2.75) is 32.6 Å². The topological polar surface area (TPSA) is 50.4 Å². The molecule has 0 unspecified atom stereocenters. The van der Waals surface area contributed by atoms with E-state index >= 15 is 0 Å². The first kappa shape index (κ1) is 13.9. The van der Waals surface area contributed by atoms with E-state index in [1.807, 2.05) is 19.1 Å². The molecule has 0 saturated heterocycles. The monoisotopic (exact) mass is 262 g/mol. The highest BCUT2D eigenvalue weighted by atomic mass is 16.5. The van der Waals surface area contributed by atoms with Crippen LogP contribution in [0.5, 0.6) is 0 Å². The maximum Gasteiger partial charge on any atom is 0.224 e. The summed E-state index contributed by atoms with van der Waals surface area (Å²) in [7, 11) is 0. The third kappa shape index (κ3) is 3.96. The summed E-state index contributed by atoms with van der Waals surface area (Å²) in [6.45, 7) is 4.33. The number of ether oxygens (including phenoxy) is 1. The minimum Gasteiger partial charge on any atom is -0.385 e. The lowest BCUT2D eigenvalue weighted by molar-refractivity contribution is -0.116. The van der Waals surface area contributed by atoms with Crippen molar-refractivity contribution in [3.8, 4) is 0 Å². The van der Waals surface area contributed by atoms with Gasteiger partial charge in [-0.1, -0.05) is 6.07 Å². The zero-order valence-corrected chi connectivity index (χ0v) is 11.5. The lowest BCUT2D eigenvalue weighted by Gasteiger charge is -2.21. The molecule has 1 amide bonds. The lowest BCUT2D eigenvalue weighted by atomic mass is 10.0. The van der Waals surface area contributed by atoms with Gasteiger partial charge in [0, 0.05) is 37.6 Å². The zero-order valence-electron chi connectivity index (χ0n) is 11.5. The van der Waals surface area contributed by atoms with E-state index in [1.54, 1.807) is 0 Å². The van der Waals surface area contributed by atoms with Gasteiger partial charge < -0.3 is 15.4 Å². The maximum absolute atomic E-state index is 11.9. The summed E-state index contributed by atoms with van der Waals surface area (Å²) in [5.74, 6) is 0.0682. The zero-order chi connectivity index (χ0) is 13.5. The molecule has 0 bridgehead atoms. The van der Waals surface area contributed by atoms with Crippen LogP contribution < -0.4 is 10.6 Å². The average Bonchev–Trinajstić information content (AvgIpc) is 2.44. The summed E-state index contributed by atoms with van der Waals surface area (Å²) in [5.41, 5.74) is 3.33. The van der Waals surface area contributed by atoms with E-state index in [2.05, 4.69) is 16.7 Å². The van der Waals surface area contributed by atoms with E-state index in [-0.39, 0.29) is 5.91 Å². The van der Waals surface area contributed by atoms with Gasteiger partial charge in [-0.3, -0.25) is 4.79 Å². The molecule has 1 aliphatic rings. The van der Waals surface area contributed by atoms with Crippen molar-refractivity contribution in [2.75, 3.05) is 30.4 Å². The van der Waals surface area contributed by atoms with E-state index < -0.39 is 0 Å². The first-order valence-corrected chi connectivity index (χ1v) is 7.04. The first-order valence-electron chi connectivity index (χ1n) is 7.04. The fourth-order valence-corrected chi connectivity index (χ4v) is 2.32. The Labute approximate surface area is 114 Å². The number of amides is 1. The summed E-state index contributed by atoms with van der Waals surface area (Å²) in [6.07, 6.45) is 3.42. The van der Waals surface area contributed by atoms with Crippen molar-refractivity contribution in [1.82, 2.24) is 0 Å². The second-order valence-corrected chi connectivity index (χ2v) is 4.71. The van der Waals surface area contributed by atoms with E-state index in [1.165, 1.54) is 5.56 Å². The van der Waals surface area contributed by atoms with Gasteiger partial charge in [-0.25, -0.2) is 0 Å². The van der Waals surface area contributed by atoms with Crippen LogP contribution in [0.4, 0.5) is 11.4 Å². The number of hydrogen-bond acceptors (Lipinski definition) is 3. The van der Waals surface area contributed by atoms with E-state index in [4.69, 9.17) is 4.74 Å². The summed E-state index contributed by atoms with van der Waals surface area (Å²) in [5, 5.41) is 6.38. The highest BCUT2D eigenvalue weighted by Crippen LogP contribution is 2.28. The Morgan fingerprint density at radius 1 is 1.47 bits per heavy atom. The van der Waals surface area contributed by atoms with Crippen LogP contribution in [0.15, 0.2) is 18.2 Å². The largest absolute Gasteiger partial charge is 0.385 e. The highest BCUT2D eigenvalue weighted by molar-refractivity contribution is 5.92. The predicted octanol–water partition coefficient (Wildman–Crippen LogP) is 2.80. The molecule has 0 atom stereocenters. The molecule has 0 aromatic heterocycles. The van der Waals surface area contributed by atoms with E-state index in [9.17, 15) is 4.79 Å². The van der Waals surface area contributed by atoms with Crippen LogP contribution in [0, 0.1) is 0 Å². The van der Waals surface area contributed by atoms with Gasteiger partial charge in [-0.05, 0) is 43.9 Å². The molecule has 0 radical (unpaired) electrons. The van der Waals surface area contributed by atoms with Crippen LogP contribution in [0.1, 0.15) is 31.7 Å². The molecule has 0 saturated carbocycles. The third-order valence-electron chi connectivity index (χ3n) is 3.27. The highest BCUT2D eigenvalue weighted by Gasteiger charge is 2.13. The summed E-state index contributed by atoms with van der Waals surface area (Å²) in [4.78, 5) is 11.9. The maximum atomic E-state index is 11.9. The van der Waals surface area contributed by atoms with Crippen LogP contribution in [0.25, 0.3) is 0 Å². The Balaban J connectivity index is 1.90. The Kier molecular flexibility index (Phi) is 5.21. The molecule has 0 fully saturated rings. The minimum absolute atomic E-state index is 0.0682. The lowest BCUT2D eigenvalue weighted by Crippen LogP contribution is -2.17. The van der Waals surface area contributed by atoms with Gasteiger partial charge in [0.25, 0.3) is 0 Å². The van der Waals surface area contributed by atoms with Gasteiger partial charge in [-0.2, -0.15) is 0 Å². The van der Waals surface area contributed by atoms with Gasteiger partial charge in [-0.15, -0.1) is 0 Å². The molecule has 2 rings (SSSR count). The average molecular weight is 262 g/mol. The van der Waals surface area contributed by atoms with Gasteiger partial charge in [0.15, 0.2) is 0 Å². The van der Waals surface area contributed by atoms with Crippen LogP contribution in [0.3, 0.4) is 0 Å². The molecule has 0 spiro atoms. The first-order chi connectivity index (χ1) is 9.31. The quantitative estimate of drug-likeness (QED) is 0.775. The third-order valence-corrected chi connectivity index (χ3v) is 3.27. The van der Waals surface area contributed by atoms with Crippen LogP contribution in [-0.4, -0.2) is 25.7 Å².